The molecule has 0 spiro atoms. The van der Waals surface area contributed by atoms with Crippen molar-refractivity contribution in [3.8, 4) is 11.5 Å². The largest absolute Gasteiger partial charge is 0.457 e. The van der Waals surface area contributed by atoms with Crippen LogP contribution in [0.15, 0.2) is 67.4 Å². The van der Waals surface area contributed by atoms with Gasteiger partial charge in [-0.2, -0.15) is 0 Å². The van der Waals surface area contributed by atoms with Crippen molar-refractivity contribution in [2.45, 2.75) is 25.3 Å². The number of aryl methyl sites for hydroxylation is 1. The van der Waals surface area contributed by atoms with E-state index >= 15 is 0 Å². The van der Waals surface area contributed by atoms with E-state index in [-0.39, 0.29) is 17.9 Å². The third-order valence-electron chi connectivity index (χ3n) is 5.58. The van der Waals surface area contributed by atoms with Crippen molar-refractivity contribution in [2.24, 2.45) is 0 Å². The molecular weight excluding hydrogens is 402 g/mol. The van der Waals surface area contributed by atoms with E-state index in [4.69, 9.17) is 4.74 Å². The number of nitrogens with one attached hydrogen (secondary N) is 2. The Morgan fingerprint density at radius 3 is 2.56 bits per heavy atom. The molecule has 1 atom stereocenters. The second kappa shape index (κ2) is 9.47. The average molecular weight is 428 g/mol. The second-order valence-electron chi connectivity index (χ2n) is 7.73. The summed E-state index contributed by atoms with van der Waals surface area (Å²) >= 11 is 0. The van der Waals surface area contributed by atoms with Crippen molar-refractivity contribution in [2.75, 3.05) is 7.05 Å². The first-order chi connectivity index (χ1) is 15.6. The Hall–Kier alpha value is -3.93. The molecule has 0 fully saturated rings. The Morgan fingerprint density at radius 2 is 1.81 bits per heavy atom. The van der Waals surface area contributed by atoms with E-state index in [2.05, 4.69) is 28.3 Å². The highest BCUT2D eigenvalue weighted by atomic mass is 16.5. The second-order valence-corrected chi connectivity index (χ2v) is 7.73. The zero-order valence-electron chi connectivity index (χ0n) is 17.9. The van der Waals surface area contributed by atoms with Crippen LogP contribution in [-0.4, -0.2) is 29.9 Å². The van der Waals surface area contributed by atoms with E-state index in [1.807, 2.05) is 36.4 Å². The van der Waals surface area contributed by atoms with Gasteiger partial charge in [0.1, 0.15) is 17.2 Å². The average Bonchev–Trinajstić information content (AvgIpc) is 2.83. The molecule has 0 radical (unpaired) electrons. The molecular formula is C26H25N3O3. The number of hydrogen-bond donors (Lipinski definition) is 2. The Labute approximate surface area is 187 Å². The maximum Gasteiger partial charge on any atom is 0.269 e. The van der Waals surface area contributed by atoms with Crippen molar-refractivity contribution >= 4 is 17.9 Å². The number of aromatic nitrogens is 1. The molecule has 6 nitrogen and oxygen atoms in total. The maximum absolute atomic E-state index is 12.6. The number of carbonyl (C=O) groups excluding carboxylic acids is 2. The standard InChI is InChI=1S/C26H25N3O3/c1-3-17-4-6-19(7-5-17)25(30)29-21-10-8-18-9-11-22(15-20(18)14-21)32-23-12-13-28-24(16-23)26(31)27-2/h3-7,9,11-13,15-16,21H,1,8,10,14H2,2H3,(H,27,31)(H,29,30). The van der Waals surface area contributed by atoms with Gasteiger partial charge in [-0.25, -0.2) is 0 Å². The molecule has 1 aliphatic rings. The Kier molecular flexibility index (Phi) is 6.31. The lowest BCUT2D eigenvalue weighted by atomic mass is 9.88. The summed E-state index contributed by atoms with van der Waals surface area (Å²) in [6.07, 6.45) is 5.83. The highest BCUT2D eigenvalue weighted by Crippen LogP contribution is 2.29. The lowest BCUT2D eigenvalue weighted by molar-refractivity contribution is 0.0931. The van der Waals surface area contributed by atoms with Gasteiger partial charge in [0.2, 0.25) is 0 Å². The van der Waals surface area contributed by atoms with Gasteiger partial charge in [0, 0.05) is 30.9 Å². The van der Waals surface area contributed by atoms with Crippen LogP contribution in [0.25, 0.3) is 6.08 Å². The van der Waals surface area contributed by atoms with Gasteiger partial charge in [0.15, 0.2) is 0 Å². The number of amides is 2. The number of benzene rings is 2. The van der Waals surface area contributed by atoms with E-state index in [0.29, 0.717) is 22.8 Å². The molecule has 6 heteroatoms. The molecule has 2 aromatic carbocycles. The van der Waals surface area contributed by atoms with Gasteiger partial charge in [-0.15, -0.1) is 0 Å². The van der Waals surface area contributed by atoms with Gasteiger partial charge in [-0.3, -0.25) is 14.6 Å². The number of nitrogens with zero attached hydrogens (tertiary/aromatic N) is 1. The third kappa shape index (κ3) is 4.86. The Morgan fingerprint density at radius 1 is 1.03 bits per heavy atom. The predicted octanol–water partition coefficient (Wildman–Crippen LogP) is 4.16. The fourth-order valence-electron chi connectivity index (χ4n) is 3.82. The zero-order valence-corrected chi connectivity index (χ0v) is 17.9. The molecule has 1 heterocycles. The summed E-state index contributed by atoms with van der Waals surface area (Å²) in [7, 11) is 1.56. The number of fused-ring (bicyclic) bond motifs is 1. The van der Waals surface area contributed by atoms with Crippen LogP contribution in [0, 0.1) is 0 Å². The molecule has 0 saturated carbocycles. The molecule has 0 bridgehead atoms. The maximum atomic E-state index is 12.6. The van der Waals surface area contributed by atoms with Crippen LogP contribution in [0.1, 0.15) is 44.0 Å². The van der Waals surface area contributed by atoms with E-state index in [9.17, 15) is 9.59 Å². The van der Waals surface area contributed by atoms with Crippen LogP contribution in [0.2, 0.25) is 0 Å². The van der Waals surface area contributed by atoms with Crippen LogP contribution in [0.5, 0.6) is 11.5 Å². The summed E-state index contributed by atoms with van der Waals surface area (Å²) in [5.41, 5.74) is 4.34. The topological polar surface area (TPSA) is 80.3 Å². The lowest BCUT2D eigenvalue weighted by Crippen LogP contribution is -2.38. The molecule has 2 amide bonds. The molecule has 32 heavy (non-hydrogen) atoms. The molecule has 1 aromatic heterocycles. The fraction of sp³-hybridized carbons (Fsp3) is 0.192. The number of ether oxygens (including phenoxy) is 1. The molecule has 4 rings (SSSR count). The highest BCUT2D eigenvalue weighted by Gasteiger charge is 2.21. The first-order valence-corrected chi connectivity index (χ1v) is 10.6. The molecule has 0 saturated heterocycles. The van der Waals surface area contributed by atoms with Gasteiger partial charge < -0.3 is 15.4 Å². The number of rotatable bonds is 6. The minimum Gasteiger partial charge on any atom is -0.457 e. The molecule has 0 aliphatic heterocycles. The SMILES string of the molecule is C=Cc1ccc(C(=O)NC2CCc3ccc(Oc4ccnc(C(=O)NC)c4)cc3C2)cc1. The minimum absolute atomic E-state index is 0.0603. The van der Waals surface area contributed by atoms with E-state index < -0.39 is 0 Å². The smallest absolute Gasteiger partial charge is 0.269 e. The van der Waals surface area contributed by atoms with Gasteiger partial charge >= 0.3 is 0 Å². The summed E-state index contributed by atoms with van der Waals surface area (Å²) in [5.74, 6) is 0.894. The normalized spacial score (nSPS) is 14.7. The monoisotopic (exact) mass is 427 g/mol. The number of carbonyl (C=O) groups is 2. The number of pyridine rings is 1. The van der Waals surface area contributed by atoms with Gasteiger partial charge in [0.05, 0.1) is 0 Å². The van der Waals surface area contributed by atoms with E-state index in [0.717, 1.165) is 30.4 Å². The summed E-state index contributed by atoms with van der Waals surface area (Å²) < 4.78 is 5.97. The summed E-state index contributed by atoms with van der Waals surface area (Å²) in [4.78, 5) is 28.5. The van der Waals surface area contributed by atoms with E-state index in [1.165, 1.54) is 5.56 Å². The minimum atomic E-state index is -0.265. The molecule has 1 aliphatic carbocycles. The number of hydrogen-bond acceptors (Lipinski definition) is 4. The molecule has 2 N–H and O–H groups in total. The predicted molar refractivity (Wildman–Crippen MR) is 124 cm³/mol. The molecule has 3 aromatic rings. The van der Waals surface area contributed by atoms with Crippen molar-refractivity contribution < 1.29 is 14.3 Å². The van der Waals surface area contributed by atoms with Crippen LogP contribution in [0.3, 0.4) is 0 Å². The van der Waals surface area contributed by atoms with Crippen LogP contribution >= 0.6 is 0 Å². The molecule has 1 unspecified atom stereocenters. The Bertz CT molecular complexity index is 1160. The first-order valence-electron chi connectivity index (χ1n) is 10.6. The van der Waals surface area contributed by atoms with Crippen LogP contribution in [-0.2, 0) is 12.8 Å². The zero-order chi connectivity index (χ0) is 22.5. The third-order valence-corrected chi connectivity index (χ3v) is 5.58. The quantitative estimate of drug-likeness (QED) is 0.619. The van der Waals surface area contributed by atoms with Crippen LogP contribution in [0.4, 0.5) is 0 Å². The van der Waals surface area contributed by atoms with Gasteiger partial charge in [-0.05, 0) is 66.3 Å². The summed E-state index contributed by atoms with van der Waals surface area (Å²) in [6.45, 7) is 3.74. The van der Waals surface area contributed by atoms with Crippen molar-refractivity contribution in [3.63, 3.8) is 0 Å². The van der Waals surface area contributed by atoms with Crippen molar-refractivity contribution in [3.05, 3.63) is 95.3 Å². The molecule has 162 valence electrons. The Balaban J connectivity index is 1.44. The highest BCUT2D eigenvalue weighted by molar-refractivity contribution is 5.94. The fourth-order valence-corrected chi connectivity index (χ4v) is 3.82. The lowest BCUT2D eigenvalue weighted by Gasteiger charge is -2.26. The van der Waals surface area contributed by atoms with Gasteiger partial charge in [-0.1, -0.05) is 30.9 Å². The summed E-state index contributed by atoms with van der Waals surface area (Å²) in [6, 6.07) is 16.8. The van der Waals surface area contributed by atoms with Crippen molar-refractivity contribution in [1.29, 1.82) is 0 Å². The van der Waals surface area contributed by atoms with Gasteiger partial charge in [0.25, 0.3) is 11.8 Å². The summed E-state index contributed by atoms with van der Waals surface area (Å²) in [5, 5.41) is 5.71. The van der Waals surface area contributed by atoms with Crippen LogP contribution < -0.4 is 15.4 Å². The first kappa shape index (κ1) is 21.3. The van der Waals surface area contributed by atoms with Crippen molar-refractivity contribution in [1.82, 2.24) is 15.6 Å². The van der Waals surface area contributed by atoms with E-state index in [1.54, 1.807) is 31.5 Å².